The topological polar surface area (TPSA) is 87.7 Å². The zero-order valence-corrected chi connectivity index (χ0v) is 31.5. The van der Waals surface area contributed by atoms with Crippen LogP contribution >= 0.6 is 0 Å². The molecule has 0 radical (unpaired) electrons. The van der Waals surface area contributed by atoms with E-state index in [0.29, 0.717) is 17.7 Å². The molecule has 57 heavy (non-hydrogen) atoms. The fourth-order valence-corrected chi connectivity index (χ4v) is 5.79. The number of carbonyl (C=O) groups excluding carboxylic acids is 2. The van der Waals surface area contributed by atoms with Crippen LogP contribution in [0.15, 0.2) is 72.8 Å². The standard InChI is InChI=1S/C39H35F10NO6.ClH/c1-20(2)30-16-31(33(53-4)17-32(30)40)29-11-10-26(37(41,42)43)14-25(29)18-50-21(3)34(24-12-27(38(44,45)46)15-28(13-24)39(47,48)49)56-36(52)55-19-22-6-8-23(9-7-22)35(51)54-5;/h6-17,20-21,34,50H,18-19H2,1-5H3;1H/t21-,34-;/m0./s1. The second kappa shape index (κ2) is 18.5. The van der Waals surface area contributed by atoms with Crippen LogP contribution in [0.4, 0.5) is 48.7 Å². The fourth-order valence-electron chi connectivity index (χ4n) is 5.79. The summed E-state index contributed by atoms with van der Waals surface area (Å²) in [6.07, 6.45) is -18.7. The van der Waals surface area contributed by atoms with Crippen LogP contribution < -0.4 is 22.5 Å². The van der Waals surface area contributed by atoms with Crippen molar-refractivity contribution in [3.05, 3.63) is 123 Å². The molecular formula is C39H36ClF10NO6. The fraction of sp³-hybridized carbons (Fsp3) is 0.333. The van der Waals surface area contributed by atoms with Gasteiger partial charge in [0.25, 0.3) is 0 Å². The van der Waals surface area contributed by atoms with Gasteiger partial charge in [-0.3, -0.25) is 0 Å². The van der Waals surface area contributed by atoms with Crippen LogP contribution in [-0.4, -0.2) is 32.4 Å². The van der Waals surface area contributed by atoms with Crippen LogP contribution in [0.1, 0.15) is 82.1 Å². The molecule has 0 saturated heterocycles. The van der Waals surface area contributed by atoms with Gasteiger partial charge in [-0.1, -0.05) is 32.0 Å². The number of ether oxygens (including phenoxy) is 4. The van der Waals surface area contributed by atoms with E-state index in [1.54, 1.807) is 13.8 Å². The first-order chi connectivity index (χ1) is 26.0. The number of benzene rings is 4. The first kappa shape index (κ1) is 46.4. The van der Waals surface area contributed by atoms with Gasteiger partial charge in [-0.25, -0.2) is 14.0 Å². The van der Waals surface area contributed by atoms with E-state index in [1.165, 1.54) is 49.7 Å². The second-order valence-corrected chi connectivity index (χ2v) is 13.0. The monoisotopic (exact) mass is 839 g/mol. The first-order valence-corrected chi connectivity index (χ1v) is 16.7. The number of carbonyl (C=O) groups is 2. The number of rotatable bonds is 12. The van der Waals surface area contributed by atoms with Gasteiger partial charge < -0.3 is 36.7 Å². The summed E-state index contributed by atoms with van der Waals surface area (Å²) < 4.78 is 160. The third-order valence-electron chi connectivity index (χ3n) is 8.74. The molecule has 0 aliphatic carbocycles. The number of hydrogen-bond acceptors (Lipinski definition) is 6. The zero-order chi connectivity index (χ0) is 41.7. The molecule has 0 spiro atoms. The smallest absolute Gasteiger partial charge is 0.509 e. The van der Waals surface area contributed by atoms with Gasteiger partial charge in [0, 0.05) is 17.2 Å². The molecular weight excluding hydrogens is 804 g/mol. The van der Waals surface area contributed by atoms with Crippen LogP contribution in [0.3, 0.4) is 0 Å². The van der Waals surface area contributed by atoms with Crippen LogP contribution in [0, 0.1) is 5.82 Å². The predicted octanol–water partition coefficient (Wildman–Crippen LogP) is 7.02. The van der Waals surface area contributed by atoms with Crippen LogP contribution in [-0.2, 0) is 45.9 Å². The Morgan fingerprint density at radius 2 is 1.30 bits per heavy atom. The summed E-state index contributed by atoms with van der Waals surface area (Å²) >= 11 is 0. The maximum absolute atomic E-state index is 14.9. The SMILES string of the molecule is COC(=O)c1ccc(COC(=O)O[C@H](c2cc(C(F)(F)F)cc(C(F)(F)F)c2)[C@H](C)[NH2+]Cc2cc(C(F)(F)F)ccc2-c2cc(C(C)C)c(F)cc2OC)cc1.[Cl-]. The minimum Gasteiger partial charge on any atom is -1.00 e. The molecule has 0 bridgehead atoms. The molecule has 0 aliphatic rings. The lowest BCUT2D eigenvalue weighted by molar-refractivity contribution is -0.708. The van der Waals surface area contributed by atoms with Gasteiger partial charge >= 0.3 is 30.7 Å². The van der Waals surface area contributed by atoms with Gasteiger partial charge in [-0.15, -0.1) is 0 Å². The lowest BCUT2D eigenvalue weighted by Crippen LogP contribution is -3.00. The lowest BCUT2D eigenvalue weighted by Gasteiger charge is -2.25. The number of halogens is 11. The maximum Gasteiger partial charge on any atom is 0.509 e. The van der Waals surface area contributed by atoms with Crippen molar-refractivity contribution in [1.82, 2.24) is 0 Å². The van der Waals surface area contributed by atoms with Crippen molar-refractivity contribution >= 4 is 12.1 Å². The summed E-state index contributed by atoms with van der Waals surface area (Å²) in [4.78, 5) is 24.7. The molecule has 0 saturated carbocycles. The molecule has 4 aromatic rings. The van der Waals surface area contributed by atoms with E-state index in [9.17, 15) is 53.5 Å². The van der Waals surface area contributed by atoms with E-state index in [0.717, 1.165) is 31.4 Å². The number of quaternary nitrogens is 1. The third kappa shape index (κ3) is 11.8. The minimum absolute atomic E-state index is 0. The zero-order valence-electron chi connectivity index (χ0n) is 30.8. The van der Waals surface area contributed by atoms with Gasteiger partial charge in [0.1, 0.15) is 30.8 Å². The summed E-state index contributed by atoms with van der Waals surface area (Å²) in [7, 11) is 2.39. The molecule has 310 valence electrons. The van der Waals surface area contributed by atoms with Crippen molar-refractivity contribution in [2.75, 3.05) is 14.2 Å². The Morgan fingerprint density at radius 1 is 0.719 bits per heavy atom. The molecule has 2 atom stereocenters. The molecule has 0 heterocycles. The summed E-state index contributed by atoms with van der Waals surface area (Å²) in [5.74, 6) is -1.65. The summed E-state index contributed by atoms with van der Waals surface area (Å²) in [6.45, 7) is 3.78. The molecule has 0 aliphatic heterocycles. The quantitative estimate of drug-likeness (QED) is 0.122. The van der Waals surface area contributed by atoms with Crippen molar-refractivity contribution in [3.8, 4) is 16.9 Å². The van der Waals surface area contributed by atoms with Gasteiger partial charge in [-0.2, -0.15) is 39.5 Å². The Bertz CT molecular complexity index is 2000. The Hall–Kier alpha value is -5.03. The van der Waals surface area contributed by atoms with Crippen LogP contribution in [0.2, 0.25) is 0 Å². The Balaban J connectivity index is 0.00000870. The number of alkyl halides is 9. The third-order valence-corrected chi connectivity index (χ3v) is 8.74. The highest BCUT2D eigenvalue weighted by Crippen LogP contribution is 2.41. The molecule has 7 nitrogen and oxygen atoms in total. The van der Waals surface area contributed by atoms with E-state index < -0.39 is 84.0 Å². The van der Waals surface area contributed by atoms with Gasteiger partial charge in [0.2, 0.25) is 0 Å². The van der Waals surface area contributed by atoms with Crippen molar-refractivity contribution in [1.29, 1.82) is 0 Å². The van der Waals surface area contributed by atoms with Crippen molar-refractivity contribution < 1.29 is 90.2 Å². The van der Waals surface area contributed by atoms with Crippen molar-refractivity contribution in [2.45, 2.75) is 70.5 Å². The lowest BCUT2D eigenvalue weighted by atomic mass is 9.92. The number of hydrogen-bond donors (Lipinski definition) is 1. The Kier molecular flexibility index (Phi) is 15.0. The van der Waals surface area contributed by atoms with E-state index in [4.69, 9.17) is 14.2 Å². The molecule has 18 heteroatoms. The van der Waals surface area contributed by atoms with E-state index in [2.05, 4.69) is 4.74 Å². The van der Waals surface area contributed by atoms with E-state index in [-0.39, 0.29) is 58.0 Å². The van der Waals surface area contributed by atoms with Crippen molar-refractivity contribution in [3.63, 3.8) is 0 Å². The van der Waals surface area contributed by atoms with E-state index >= 15 is 0 Å². The number of nitrogens with two attached hydrogens (primary N) is 1. The predicted molar refractivity (Wildman–Crippen MR) is 181 cm³/mol. The second-order valence-electron chi connectivity index (χ2n) is 13.0. The van der Waals surface area contributed by atoms with Crippen molar-refractivity contribution in [2.24, 2.45) is 0 Å². The van der Waals surface area contributed by atoms with Gasteiger partial charge in [-0.05, 0) is 83.6 Å². The normalized spacial score (nSPS) is 13.1. The molecule has 2 N–H and O–H groups in total. The highest BCUT2D eigenvalue weighted by atomic mass is 35.5. The van der Waals surface area contributed by atoms with Gasteiger partial charge in [0.15, 0.2) is 6.10 Å². The molecule has 4 rings (SSSR count). The first-order valence-electron chi connectivity index (χ1n) is 16.7. The molecule has 4 aromatic carbocycles. The average Bonchev–Trinajstić information content (AvgIpc) is 3.13. The average molecular weight is 840 g/mol. The van der Waals surface area contributed by atoms with E-state index in [1.807, 2.05) is 0 Å². The minimum atomic E-state index is -5.26. The maximum atomic E-state index is 14.9. The van der Waals surface area contributed by atoms with Gasteiger partial charge in [0.05, 0.1) is 36.5 Å². The Morgan fingerprint density at radius 3 is 1.81 bits per heavy atom. The summed E-state index contributed by atoms with van der Waals surface area (Å²) in [5, 5.41) is 1.26. The summed E-state index contributed by atoms with van der Waals surface area (Å²) in [5.41, 5.74) is -4.16. The highest BCUT2D eigenvalue weighted by molar-refractivity contribution is 5.89. The number of esters is 1. The largest absolute Gasteiger partial charge is 1.00 e. The molecule has 0 unspecified atom stereocenters. The molecule has 0 fully saturated rings. The highest BCUT2D eigenvalue weighted by Gasteiger charge is 2.40. The van der Waals surface area contributed by atoms with Crippen LogP contribution in [0.25, 0.3) is 11.1 Å². The Labute approximate surface area is 326 Å². The number of methoxy groups -OCH3 is 2. The van der Waals surface area contributed by atoms with Crippen LogP contribution in [0.5, 0.6) is 5.75 Å². The summed E-state index contributed by atoms with van der Waals surface area (Å²) in [6, 6.07) is 10.1. The molecule has 0 aromatic heterocycles. The molecule has 0 amide bonds.